The highest BCUT2D eigenvalue weighted by molar-refractivity contribution is 5.84. The molecule has 0 spiro atoms. The highest BCUT2D eigenvalue weighted by Gasteiger charge is 2.20. The molecule has 5 heteroatoms. The number of unbranched alkanes of at least 4 members (excludes halogenated alkanes) is 16. The van der Waals surface area contributed by atoms with E-state index in [-0.39, 0.29) is 18.3 Å². The zero-order valence-electron chi connectivity index (χ0n) is 23.4. The summed E-state index contributed by atoms with van der Waals surface area (Å²) in [6.45, 7) is 6.21. The second-order valence-electron chi connectivity index (χ2n) is 10.2. The van der Waals surface area contributed by atoms with E-state index in [2.05, 4.69) is 18.6 Å². The van der Waals surface area contributed by atoms with E-state index in [1.807, 2.05) is 0 Å². The number of ether oxygens (including phenoxy) is 2. The fourth-order valence-electron chi connectivity index (χ4n) is 4.49. The van der Waals surface area contributed by atoms with Crippen LogP contribution in [0.3, 0.4) is 0 Å². The van der Waals surface area contributed by atoms with Crippen LogP contribution in [0.2, 0.25) is 0 Å². The van der Waals surface area contributed by atoms with E-state index in [9.17, 15) is 14.4 Å². The van der Waals surface area contributed by atoms with Crippen LogP contribution in [0.1, 0.15) is 162 Å². The molecule has 0 radical (unpaired) electrons. The lowest BCUT2D eigenvalue weighted by Crippen LogP contribution is -2.19. The summed E-state index contributed by atoms with van der Waals surface area (Å²) >= 11 is 0. The highest BCUT2D eigenvalue weighted by atomic mass is 16.6. The Morgan fingerprint density at radius 3 is 1.49 bits per heavy atom. The van der Waals surface area contributed by atoms with Crippen LogP contribution in [0.25, 0.3) is 0 Å². The van der Waals surface area contributed by atoms with E-state index in [0.29, 0.717) is 19.4 Å². The summed E-state index contributed by atoms with van der Waals surface area (Å²) < 4.78 is 10.2. The molecule has 5 nitrogen and oxygen atoms in total. The van der Waals surface area contributed by atoms with Crippen molar-refractivity contribution in [3.63, 3.8) is 0 Å². The maximum absolute atomic E-state index is 12.7. The van der Waals surface area contributed by atoms with Gasteiger partial charge in [-0.15, -0.1) is 0 Å². The fourth-order valence-corrected chi connectivity index (χ4v) is 4.49. The van der Waals surface area contributed by atoms with E-state index in [1.54, 1.807) is 0 Å². The first-order valence-electron chi connectivity index (χ1n) is 14.9. The number of esters is 3. The maximum atomic E-state index is 12.7. The van der Waals surface area contributed by atoms with Gasteiger partial charge in [0.25, 0.3) is 0 Å². The molecule has 0 aromatic carbocycles. The van der Waals surface area contributed by atoms with E-state index < -0.39 is 11.9 Å². The Labute approximate surface area is 216 Å². The first-order valence-corrected chi connectivity index (χ1v) is 14.9. The summed E-state index contributed by atoms with van der Waals surface area (Å²) in [6.07, 6.45) is 24.5. The van der Waals surface area contributed by atoms with E-state index in [0.717, 1.165) is 32.1 Å². The Kier molecular flexibility index (Phi) is 24.7. The summed E-state index contributed by atoms with van der Waals surface area (Å²) in [5, 5.41) is 0. The van der Waals surface area contributed by atoms with Crippen molar-refractivity contribution in [2.45, 2.75) is 162 Å². The van der Waals surface area contributed by atoms with Gasteiger partial charge >= 0.3 is 17.9 Å². The molecular weight excluding hydrogens is 440 g/mol. The molecule has 0 heterocycles. The quantitative estimate of drug-likeness (QED) is 0.0717. The van der Waals surface area contributed by atoms with Gasteiger partial charge in [0.1, 0.15) is 0 Å². The highest BCUT2D eigenvalue weighted by Crippen LogP contribution is 2.20. The third-order valence-corrected chi connectivity index (χ3v) is 6.67. The van der Waals surface area contributed by atoms with Gasteiger partial charge in [-0.05, 0) is 25.7 Å². The van der Waals surface area contributed by atoms with Crippen molar-refractivity contribution >= 4 is 17.9 Å². The molecule has 0 fully saturated rings. The van der Waals surface area contributed by atoms with E-state index >= 15 is 0 Å². The van der Waals surface area contributed by atoms with Crippen molar-refractivity contribution in [1.29, 1.82) is 0 Å². The average molecular weight is 497 g/mol. The van der Waals surface area contributed by atoms with Gasteiger partial charge < -0.3 is 9.47 Å². The summed E-state index contributed by atoms with van der Waals surface area (Å²) in [7, 11) is 0. The van der Waals surface area contributed by atoms with Crippen LogP contribution >= 0.6 is 0 Å². The van der Waals surface area contributed by atoms with Crippen LogP contribution < -0.4 is 0 Å². The molecule has 0 N–H and O–H groups in total. The SMILES string of the molecule is CCCCCCCCCCCOC(=O)C(CCCCCCCCCCC)CCCC(=O)OC(C)=O. The molecule has 0 aromatic rings. The van der Waals surface area contributed by atoms with Crippen LogP contribution in [0.15, 0.2) is 0 Å². The summed E-state index contributed by atoms with van der Waals surface area (Å²) in [6, 6.07) is 0. The fraction of sp³-hybridized carbons (Fsp3) is 0.900. The van der Waals surface area contributed by atoms with Crippen molar-refractivity contribution in [3.8, 4) is 0 Å². The summed E-state index contributed by atoms with van der Waals surface area (Å²) in [5.41, 5.74) is 0. The Balaban J connectivity index is 4.14. The smallest absolute Gasteiger partial charge is 0.313 e. The normalized spacial score (nSPS) is 11.9. The van der Waals surface area contributed by atoms with Crippen molar-refractivity contribution in [3.05, 3.63) is 0 Å². The van der Waals surface area contributed by atoms with Crippen LogP contribution in [-0.4, -0.2) is 24.5 Å². The molecule has 0 rings (SSSR count). The minimum atomic E-state index is -0.582. The zero-order chi connectivity index (χ0) is 26.0. The number of rotatable bonds is 25. The Morgan fingerprint density at radius 1 is 0.571 bits per heavy atom. The molecule has 206 valence electrons. The lowest BCUT2D eigenvalue weighted by Gasteiger charge is -2.16. The average Bonchev–Trinajstić information content (AvgIpc) is 2.82. The molecule has 1 atom stereocenters. The topological polar surface area (TPSA) is 69.7 Å². The van der Waals surface area contributed by atoms with Crippen molar-refractivity contribution in [2.75, 3.05) is 6.61 Å². The molecule has 0 saturated heterocycles. The van der Waals surface area contributed by atoms with Crippen molar-refractivity contribution in [1.82, 2.24) is 0 Å². The Morgan fingerprint density at radius 2 is 1.00 bits per heavy atom. The molecular formula is C30H56O5. The molecule has 0 saturated carbocycles. The molecule has 0 aliphatic rings. The summed E-state index contributed by atoms with van der Waals surface area (Å²) in [5.74, 6) is -1.38. The first kappa shape index (κ1) is 33.6. The van der Waals surface area contributed by atoms with Crippen LogP contribution in [0, 0.1) is 5.92 Å². The second kappa shape index (κ2) is 25.7. The van der Waals surface area contributed by atoms with Crippen molar-refractivity contribution in [2.24, 2.45) is 5.92 Å². The lowest BCUT2D eigenvalue weighted by molar-refractivity contribution is -0.158. The number of hydrogen-bond donors (Lipinski definition) is 0. The van der Waals surface area contributed by atoms with Crippen LogP contribution in [0.5, 0.6) is 0 Å². The third kappa shape index (κ3) is 24.1. The second-order valence-corrected chi connectivity index (χ2v) is 10.2. The summed E-state index contributed by atoms with van der Waals surface area (Å²) in [4.78, 5) is 35.3. The Bertz CT molecular complexity index is 517. The van der Waals surface area contributed by atoms with Gasteiger partial charge in [-0.25, -0.2) is 0 Å². The largest absolute Gasteiger partial charge is 0.465 e. The number of carbonyl (C=O) groups excluding carboxylic acids is 3. The van der Waals surface area contributed by atoms with Gasteiger partial charge in [0.2, 0.25) is 0 Å². The van der Waals surface area contributed by atoms with Gasteiger partial charge in [-0.2, -0.15) is 0 Å². The van der Waals surface area contributed by atoms with Gasteiger partial charge in [0.15, 0.2) is 0 Å². The monoisotopic (exact) mass is 496 g/mol. The van der Waals surface area contributed by atoms with Gasteiger partial charge in [-0.3, -0.25) is 14.4 Å². The van der Waals surface area contributed by atoms with Crippen molar-refractivity contribution < 1.29 is 23.9 Å². The molecule has 0 aliphatic carbocycles. The Hall–Kier alpha value is -1.39. The van der Waals surface area contributed by atoms with Crippen LogP contribution in [0.4, 0.5) is 0 Å². The number of carbonyl (C=O) groups is 3. The minimum Gasteiger partial charge on any atom is -0.465 e. The van der Waals surface area contributed by atoms with Gasteiger partial charge in [0, 0.05) is 13.3 Å². The maximum Gasteiger partial charge on any atom is 0.313 e. The minimum absolute atomic E-state index is 0.121. The van der Waals surface area contributed by atoms with Gasteiger partial charge in [0.05, 0.1) is 12.5 Å². The molecule has 0 aromatic heterocycles. The lowest BCUT2D eigenvalue weighted by atomic mass is 9.95. The van der Waals surface area contributed by atoms with E-state index in [1.165, 1.54) is 96.8 Å². The molecule has 0 aliphatic heterocycles. The first-order chi connectivity index (χ1) is 17.0. The molecule has 0 amide bonds. The van der Waals surface area contributed by atoms with E-state index in [4.69, 9.17) is 4.74 Å². The zero-order valence-corrected chi connectivity index (χ0v) is 23.4. The standard InChI is InChI=1S/C30H56O5/c1-4-6-8-10-12-14-16-18-20-23-28(24-22-25-29(32)35-27(3)31)30(33)34-26-21-19-17-15-13-11-9-7-5-2/h28H,4-26H2,1-3H3. The third-order valence-electron chi connectivity index (χ3n) is 6.67. The predicted octanol–water partition coefficient (Wildman–Crippen LogP) is 8.86. The van der Waals surface area contributed by atoms with Gasteiger partial charge in [-0.1, -0.05) is 123 Å². The predicted molar refractivity (Wildman–Crippen MR) is 144 cm³/mol. The molecule has 35 heavy (non-hydrogen) atoms. The molecule has 0 bridgehead atoms. The number of hydrogen-bond acceptors (Lipinski definition) is 5. The molecule has 1 unspecified atom stereocenters. The van der Waals surface area contributed by atoms with Crippen LogP contribution in [-0.2, 0) is 23.9 Å².